The van der Waals surface area contributed by atoms with E-state index >= 15 is 0 Å². The Bertz CT molecular complexity index is 1290. The van der Waals surface area contributed by atoms with Crippen molar-refractivity contribution in [3.05, 3.63) is 83.9 Å². The average molecular weight is 605 g/mol. The average Bonchev–Trinajstić information content (AvgIpc) is 3.58. The number of hydrogen-bond donors (Lipinski definition) is 2. The number of carbonyl (C=O) groups excluding carboxylic acids is 2. The van der Waals surface area contributed by atoms with E-state index in [9.17, 15) is 14.7 Å². The summed E-state index contributed by atoms with van der Waals surface area (Å²) in [5, 5.41) is 14.4. The number of hydrogen-bond acceptors (Lipinski definition) is 8. The first kappa shape index (κ1) is 32.8. The number of Topliss-reactive ketones (excluding diaryl/α,β-unsaturated/α-hetero) is 1. The Kier molecular flexibility index (Phi) is 12.9. The van der Waals surface area contributed by atoms with Crippen molar-refractivity contribution in [2.45, 2.75) is 50.7 Å². The Labute approximate surface area is 260 Å². The third kappa shape index (κ3) is 10.3. The SMILES string of the molecule is COc1ccc(OCCOc2ccc([C@@H](O)C(CN3CCCC3)NC(=O)CCCCC(=O)c3ccc(OC)cc3)cc2)cc1. The highest BCUT2D eigenvalue weighted by atomic mass is 16.5. The van der Waals surface area contributed by atoms with Crippen LogP contribution in [0.5, 0.6) is 23.0 Å². The largest absolute Gasteiger partial charge is 0.497 e. The lowest BCUT2D eigenvalue weighted by molar-refractivity contribution is -0.123. The molecule has 1 unspecified atom stereocenters. The van der Waals surface area contributed by atoms with E-state index in [0.29, 0.717) is 68.1 Å². The second kappa shape index (κ2) is 17.3. The minimum Gasteiger partial charge on any atom is -0.497 e. The molecule has 1 amide bonds. The number of carbonyl (C=O) groups is 2. The maximum atomic E-state index is 12.9. The first-order chi connectivity index (χ1) is 21.4. The first-order valence-corrected chi connectivity index (χ1v) is 15.3. The molecule has 3 aromatic rings. The van der Waals surface area contributed by atoms with Gasteiger partial charge in [0.05, 0.1) is 20.3 Å². The van der Waals surface area contributed by atoms with Crippen LogP contribution in [0, 0.1) is 0 Å². The summed E-state index contributed by atoms with van der Waals surface area (Å²) in [7, 11) is 3.21. The predicted molar refractivity (Wildman–Crippen MR) is 169 cm³/mol. The summed E-state index contributed by atoms with van der Waals surface area (Å²) in [5.74, 6) is 2.81. The molecule has 1 heterocycles. The van der Waals surface area contributed by atoms with Gasteiger partial charge in [-0.2, -0.15) is 0 Å². The predicted octanol–water partition coefficient (Wildman–Crippen LogP) is 5.22. The molecule has 1 fully saturated rings. The maximum Gasteiger partial charge on any atom is 0.220 e. The molecule has 44 heavy (non-hydrogen) atoms. The topological polar surface area (TPSA) is 107 Å². The maximum absolute atomic E-state index is 12.9. The molecule has 4 rings (SSSR count). The zero-order chi connectivity index (χ0) is 31.1. The lowest BCUT2D eigenvalue weighted by Crippen LogP contribution is -2.46. The van der Waals surface area contributed by atoms with Crippen LogP contribution in [-0.4, -0.2) is 74.8 Å². The van der Waals surface area contributed by atoms with Gasteiger partial charge in [0.25, 0.3) is 0 Å². The van der Waals surface area contributed by atoms with Crippen LogP contribution in [-0.2, 0) is 4.79 Å². The number of unbranched alkanes of at least 4 members (excludes halogenated alkanes) is 1. The second-order valence-electron chi connectivity index (χ2n) is 10.9. The van der Waals surface area contributed by atoms with Gasteiger partial charge in [-0.3, -0.25) is 9.59 Å². The van der Waals surface area contributed by atoms with E-state index in [1.54, 1.807) is 38.5 Å². The van der Waals surface area contributed by atoms with Gasteiger partial charge in [-0.1, -0.05) is 12.1 Å². The number of rotatable bonds is 18. The fourth-order valence-corrected chi connectivity index (χ4v) is 5.22. The highest BCUT2D eigenvalue weighted by Crippen LogP contribution is 2.23. The lowest BCUT2D eigenvalue weighted by Gasteiger charge is -2.29. The number of aliphatic hydroxyl groups is 1. The van der Waals surface area contributed by atoms with Gasteiger partial charge in [0.2, 0.25) is 5.91 Å². The van der Waals surface area contributed by atoms with Crippen molar-refractivity contribution in [2.24, 2.45) is 0 Å². The van der Waals surface area contributed by atoms with Gasteiger partial charge >= 0.3 is 0 Å². The van der Waals surface area contributed by atoms with E-state index in [4.69, 9.17) is 18.9 Å². The summed E-state index contributed by atoms with van der Waals surface area (Å²) < 4.78 is 21.8. The number of nitrogens with zero attached hydrogens (tertiary/aromatic N) is 1. The Balaban J connectivity index is 1.23. The quantitative estimate of drug-likeness (QED) is 0.150. The minimum atomic E-state index is -0.872. The molecule has 3 aromatic carbocycles. The molecule has 1 saturated heterocycles. The van der Waals surface area contributed by atoms with Crippen molar-refractivity contribution >= 4 is 11.7 Å². The third-order valence-electron chi connectivity index (χ3n) is 7.75. The van der Waals surface area contributed by atoms with Gasteiger partial charge in [0.15, 0.2) is 5.78 Å². The molecular formula is C35H44N2O7. The van der Waals surface area contributed by atoms with Crippen molar-refractivity contribution in [3.8, 4) is 23.0 Å². The fourth-order valence-electron chi connectivity index (χ4n) is 5.22. The van der Waals surface area contributed by atoms with Gasteiger partial charge in [0.1, 0.15) is 42.3 Å². The zero-order valence-electron chi connectivity index (χ0n) is 25.7. The van der Waals surface area contributed by atoms with Crippen LogP contribution >= 0.6 is 0 Å². The molecule has 0 bridgehead atoms. The van der Waals surface area contributed by atoms with E-state index in [1.807, 2.05) is 48.5 Å². The van der Waals surface area contributed by atoms with E-state index in [-0.39, 0.29) is 11.7 Å². The minimum absolute atomic E-state index is 0.0487. The van der Waals surface area contributed by atoms with E-state index < -0.39 is 12.1 Å². The molecule has 0 radical (unpaired) electrons. The Morgan fingerprint density at radius 2 is 1.25 bits per heavy atom. The summed E-state index contributed by atoms with van der Waals surface area (Å²) in [6, 6.07) is 21.3. The van der Waals surface area contributed by atoms with Crippen molar-refractivity contribution in [1.29, 1.82) is 0 Å². The Hall–Kier alpha value is -4.08. The normalized spacial score (nSPS) is 14.4. The summed E-state index contributed by atoms with van der Waals surface area (Å²) in [5.41, 5.74) is 1.35. The molecule has 0 saturated carbocycles. The highest BCUT2D eigenvalue weighted by Gasteiger charge is 2.26. The van der Waals surface area contributed by atoms with E-state index in [0.717, 1.165) is 37.4 Å². The summed E-state index contributed by atoms with van der Waals surface area (Å²) in [6.45, 7) is 3.24. The van der Waals surface area contributed by atoms with Crippen LogP contribution in [0.1, 0.15) is 60.6 Å². The molecule has 0 aromatic heterocycles. The number of aliphatic hydroxyl groups excluding tert-OH is 1. The summed E-state index contributed by atoms with van der Waals surface area (Å²) >= 11 is 0. The number of amides is 1. The number of ether oxygens (including phenoxy) is 4. The van der Waals surface area contributed by atoms with Crippen molar-refractivity contribution in [1.82, 2.24) is 10.2 Å². The van der Waals surface area contributed by atoms with Crippen molar-refractivity contribution in [3.63, 3.8) is 0 Å². The molecule has 0 spiro atoms. The Morgan fingerprint density at radius 1 is 0.750 bits per heavy atom. The van der Waals surface area contributed by atoms with Gasteiger partial charge in [-0.15, -0.1) is 0 Å². The molecular weight excluding hydrogens is 560 g/mol. The smallest absolute Gasteiger partial charge is 0.220 e. The lowest BCUT2D eigenvalue weighted by atomic mass is 10.0. The van der Waals surface area contributed by atoms with Gasteiger partial charge in [-0.25, -0.2) is 0 Å². The Morgan fingerprint density at radius 3 is 1.82 bits per heavy atom. The van der Waals surface area contributed by atoms with Gasteiger partial charge < -0.3 is 34.3 Å². The molecule has 1 aliphatic rings. The molecule has 2 atom stereocenters. The molecule has 9 heteroatoms. The molecule has 236 valence electrons. The molecule has 0 aliphatic carbocycles. The van der Waals surface area contributed by atoms with Gasteiger partial charge in [-0.05, 0) is 105 Å². The summed E-state index contributed by atoms with van der Waals surface area (Å²) in [6.07, 6.45) is 3.24. The van der Waals surface area contributed by atoms with Crippen molar-refractivity contribution < 1.29 is 33.6 Å². The zero-order valence-corrected chi connectivity index (χ0v) is 25.7. The number of likely N-dealkylation sites (tertiary alicyclic amines) is 1. The number of methoxy groups -OCH3 is 2. The van der Waals surface area contributed by atoms with E-state index in [2.05, 4.69) is 10.2 Å². The first-order valence-electron chi connectivity index (χ1n) is 15.3. The third-order valence-corrected chi connectivity index (χ3v) is 7.75. The number of ketones is 1. The van der Waals surface area contributed by atoms with Crippen LogP contribution in [0.2, 0.25) is 0 Å². The number of nitrogens with one attached hydrogen (secondary N) is 1. The molecule has 2 N–H and O–H groups in total. The summed E-state index contributed by atoms with van der Waals surface area (Å²) in [4.78, 5) is 27.7. The number of benzene rings is 3. The van der Waals surface area contributed by atoms with E-state index in [1.165, 1.54) is 0 Å². The van der Waals surface area contributed by atoms with Crippen molar-refractivity contribution in [2.75, 3.05) is 47.1 Å². The van der Waals surface area contributed by atoms with Crippen LogP contribution in [0.15, 0.2) is 72.8 Å². The van der Waals surface area contributed by atoms with Gasteiger partial charge in [0, 0.05) is 24.9 Å². The second-order valence-corrected chi connectivity index (χ2v) is 10.9. The van der Waals surface area contributed by atoms with Crippen LogP contribution in [0.25, 0.3) is 0 Å². The van der Waals surface area contributed by atoms with Crippen LogP contribution in [0.3, 0.4) is 0 Å². The molecule has 1 aliphatic heterocycles. The standard InChI is InChI=1S/C35H44N2O7/c1-41-28-13-9-26(10-14-28)33(38)7-3-4-8-34(39)36-32(25-37-21-5-6-22-37)35(40)27-11-15-30(16-12-27)43-23-24-44-31-19-17-29(42-2)18-20-31/h9-20,32,35,40H,3-8,21-25H2,1-2H3,(H,36,39)/t32?,35-/m1/s1. The molecule has 9 nitrogen and oxygen atoms in total. The monoisotopic (exact) mass is 604 g/mol. The fraction of sp³-hybridized carbons (Fsp3) is 0.429. The van der Waals surface area contributed by atoms with Crippen LogP contribution in [0.4, 0.5) is 0 Å². The van der Waals surface area contributed by atoms with Crippen LogP contribution < -0.4 is 24.3 Å². The highest BCUT2D eigenvalue weighted by molar-refractivity contribution is 5.96.